The maximum Gasteiger partial charge on any atom is 0.222 e. The highest BCUT2D eigenvalue weighted by Gasteiger charge is 2.32. The summed E-state index contributed by atoms with van der Waals surface area (Å²) in [6.45, 7) is 4.44. The van der Waals surface area contributed by atoms with Gasteiger partial charge in [0.25, 0.3) is 0 Å². The molecule has 2 N–H and O–H groups in total. The number of hydrogen-bond acceptors (Lipinski definition) is 3. The quantitative estimate of drug-likeness (QED) is 0.853. The van der Waals surface area contributed by atoms with Gasteiger partial charge >= 0.3 is 0 Å². The SMILES string of the molecule is NC1CCC(CC(=O)N2CCC(N3CCCC3)C2)CC1. The zero-order valence-corrected chi connectivity index (χ0v) is 12.6. The van der Waals surface area contributed by atoms with Crippen LogP contribution in [0.4, 0.5) is 0 Å². The molecule has 0 aromatic heterocycles. The molecule has 0 aromatic rings. The molecule has 2 heterocycles. The summed E-state index contributed by atoms with van der Waals surface area (Å²) in [5.74, 6) is 0.986. The molecule has 3 fully saturated rings. The highest BCUT2D eigenvalue weighted by Crippen LogP contribution is 2.28. The van der Waals surface area contributed by atoms with Crippen molar-refractivity contribution in [2.45, 2.75) is 63.5 Å². The molecule has 1 amide bonds. The van der Waals surface area contributed by atoms with Crippen molar-refractivity contribution in [3.8, 4) is 0 Å². The van der Waals surface area contributed by atoms with E-state index in [2.05, 4.69) is 9.80 Å². The van der Waals surface area contributed by atoms with Crippen LogP contribution in [0.5, 0.6) is 0 Å². The lowest BCUT2D eigenvalue weighted by molar-refractivity contribution is -0.131. The molecule has 1 unspecified atom stereocenters. The Morgan fingerprint density at radius 3 is 2.40 bits per heavy atom. The van der Waals surface area contributed by atoms with Gasteiger partial charge in [-0.25, -0.2) is 0 Å². The molecular formula is C16H29N3O. The Labute approximate surface area is 122 Å². The summed E-state index contributed by atoms with van der Waals surface area (Å²) < 4.78 is 0. The predicted molar refractivity (Wildman–Crippen MR) is 80.3 cm³/mol. The first kappa shape index (κ1) is 14.3. The number of rotatable bonds is 3. The summed E-state index contributed by atoms with van der Waals surface area (Å²) in [4.78, 5) is 17.1. The van der Waals surface area contributed by atoms with Crippen LogP contribution in [0.1, 0.15) is 51.4 Å². The molecule has 3 rings (SSSR count). The number of nitrogens with zero attached hydrogens (tertiary/aromatic N) is 2. The van der Waals surface area contributed by atoms with Crippen molar-refractivity contribution >= 4 is 5.91 Å². The van der Waals surface area contributed by atoms with Crippen molar-refractivity contribution in [2.24, 2.45) is 11.7 Å². The van der Waals surface area contributed by atoms with Crippen LogP contribution in [0.25, 0.3) is 0 Å². The minimum atomic E-state index is 0.382. The van der Waals surface area contributed by atoms with Gasteiger partial charge in [0, 0.05) is 31.6 Å². The van der Waals surface area contributed by atoms with Crippen LogP contribution >= 0.6 is 0 Å². The molecule has 4 heteroatoms. The monoisotopic (exact) mass is 279 g/mol. The molecule has 3 aliphatic rings. The van der Waals surface area contributed by atoms with Crippen LogP contribution in [0.3, 0.4) is 0 Å². The third-order valence-corrected chi connectivity index (χ3v) is 5.53. The van der Waals surface area contributed by atoms with Crippen molar-refractivity contribution in [1.29, 1.82) is 0 Å². The number of carbonyl (C=O) groups excluding carboxylic acids is 1. The fourth-order valence-corrected chi connectivity index (χ4v) is 4.14. The van der Waals surface area contributed by atoms with Gasteiger partial charge in [-0.3, -0.25) is 9.69 Å². The predicted octanol–water partition coefficient (Wildman–Crippen LogP) is 1.59. The molecule has 2 saturated heterocycles. The molecule has 1 saturated carbocycles. The largest absolute Gasteiger partial charge is 0.341 e. The van der Waals surface area contributed by atoms with Crippen molar-refractivity contribution in [3.05, 3.63) is 0 Å². The summed E-state index contributed by atoms with van der Waals surface area (Å²) in [5.41, 5.74) is 5.94. The van der Waals surface area contributed by atoms with Gasteiger partial charge in [0.1, 0.15) is 0 Å². The smallest absolute Gasteiger partial charge is 0.222 e. The van der Waals surface area contributed by atoms with E-state index in [-0.39, 0.29) is 0 Å². The number of nitrogens with two attached hydrogens (primary N) is 1. The third kappa shape index (κ3) is 3.34. The Balaban J connectivity index is 1.44. The van der Waals surface area contributed by atoms with E-state index in [9.17, 15) is 4.79 Å². The molecule has 4 nitrogen and oxygen atoms in total. The second-order valence-corrected chi connectivity index (χ2v) is 7.01. The summed E-state index contributed by atoms with van der Waals surface area (Å²) >= 11 is 0. The number of hydrogen-bond donors (Lipinski definition) is 1. The highest BCUT2D eigenvalue weighted by atomic mass is 16.2. The second kappa shape index (κ2) is 6.44. The normalized spacial score (nSPS) is 35.6. The molecule has 20 heavy (non-hydrogen) atoms. The first-order chi connectivity index (χ1) is 9.72. The maximum absolute atomic E-state index is 12.4. The van der Waals surface area contributed by atoms with Gasteiger partial charge in [-0.1, -0.05) is 0 Å². The molecule has 114 valence electrons. The van der Waals surface area contributed by atoms with Crippen LogP contribution in [0.15, 0.2) is 0 Å². The van der Waals surface area contributed by atoms with Gasteiger partial charge < -0.3 is 10.6 Å². The van der Waals surface area contributed by atoms with E-state index < -0.39 is 0 Å². The zero-order valence-electron chi connectivity index (χ0n) is 12.6. The molecule has 0 bridgehead atoms. The summed E-state index contributed by atoms with van der Waals surface area (Å²) in [6.07, 6.45) is 9.13. The molecule has 1 aliphatic carbocycles. The molecule has 0 spiro atoms. The van der Waals surface area contributed by atoms with E-state index >= 15 is 0 Å². The molecule has 2 aliphatic heterocycles. The first-order valence-corrected chi connectivity index (χ1v) is 8.50. The third-order valence-electron chi connectivity index (χ3n) is 5.53. The van der Waals surface area contributed by atoms with Crippen LogP contribution < -0.4 is 5.73 Å². The number of likely N-dealkylation sites (tertiary alicyclic amines) is 2. The highest BCUT2D eigenvalue weighted by molar-refractivity contribution is 5.76. The Bertz CT molecular complexity index is 333. The van der Waals surface area contributed by atoms with Crippen LogP contribution in [-0.4, -0.2) is 54.0 Å². The average molecular weight is 279 g/mol. The van der Waals surface area contributed by atoms with Crippen molar-refractivity contribution in [2.75, 3.05) is 26.2 Å². The average Bonchev–Trinajstić information content (AvgIpc) is 3.11. The number of amides is 1. The number of carbonyl (C=O) groups is 1. The lowest BCUT2D eigenvalue weighted by Crippen LogP contribution is -2.38. The van der Waals surface area contributed by atoms with E-state index in [4.69, 9.17) is 5.73 Å². The summed E-state index contributed by atoms with van der Waals surface area (Å²) in [5, 5.41) is 0. The van der Waals surface area contributed by atoms with Gasteiger partial charge in [-0.15, -0.1) is 0 Å². The zero-order chi connectivity index (χ0) is 13.9. The molecule has 0 aromatic carbocycles. The second-order valence-electron chi connectivity index (χ2n) is 7.01. The van der Waals surface area contributed by atoms with Crippen molar-refractivity contribution in [1.82, 2.24) is 9.80 Å². The Kier molecular flexibility index (Phi) is 4.61. The molecule has 0 radical (unpaired) electrons. The summed E-state index contributed by atoms with van der Waals surface area (Å²) in [7, 11) is 0. The van der Waals surface area contributed by atoms with E-state index in [1.165, 1.54) is 32.4 Å². The van der Waals surface area contributed by atoms with Crippen LogP contribution in [-0.2, 0) is 4.79 Å². The molecule has 1 atom stereocenters. The van der Waals surface area contributed by atoms with Gasteiger partial charge in [0.05, 0.1) is 0 Å². The molecular weight excluding hydrogens is 250 g/mol. The fraction of sp³-hybridized carbons (Fsp3) is 0.938. The van der Waals surface area contributed by atoms with E-state index in [0.29, 0.717) is 23.9 Å². The fourth-order valence-electron chi connectivity index (χ4n) is 4.14. The standard InChI is InChI=1S/C16H29N3O/c17-14-5-3-13(4-6-14)11-16(20)19-10-7-15(12-19)18-8-1-2-9-18/h13-15H,1-12,17H2. The van der Waals surface area contributed by atoms with Crippen LogP contribution in [0.2, 0.25) is 0 Å². The first-order valence-electron chi connectivity index (χ1n) is 8.50. The van der Waals surface area contributed by atoms with E-state index in [1.807, 2.05) is 0 Å². The lowest BCUT2D eigenvalue weighted by Gasteiger charge is -2.28. The van der Waals surface area contributed by atoms with E-state index in [0.717, 1.165) is 45.2 Å². The minimum absolute atomic E-state index is 0.382. The Morgan fingerprint density at radius 1 is 1.00 bits per heavy atom. The topological polar surface area (TPSA) is 49.6 Å². The van der Waals surface area contributed by atoms with Crippen LogP contribution in [0, 0.1) is 5.92 Å². The summed E-state index contributed by atoms with van der Waals surface area (Å²) in [6, 6.07) is 1.02. The van der Waals surface area contributed by atoms with Gasteiger partial charge in [-0.05, 0) is 64.0 Å². The Morgan fingerprint density at radius 2 is 1.70 bits per heavy atom. The lowest BCUT2D eigenvalue weighted by atomic mass is 9.84. The van der Waals surface area contributed by atoms with Crippen molar-refractivity contribution < 1.29 is 4.79 Å². The van der Waals surface area contributed by atoms with Gasteiger partial charge in [0.2, 0.25) is 5.91 Å². The van der Waals surface area contributed by atoms with Gasteiger partial charge in [0.15, 0.2) is 0 Å². The minimum Gasteiger partial charge on any atom is -0.341 e. The van der Waals surface area contributed by atoms with Gasteiger partial charge in [-0.2, -0.15) is 0 Å². The maximum atomic E-state index is 12.4. The van der Waals surface area contributed by atoms with E-state index in [1.54, 1.807) is 0 Å². The van der Waals surface area contributed by atoms with Crippen molar-refractivity contribution in [3.63, 3.8) is 0 Å². The Hall–Kier alpha value is -0.610.